The van der Waals surface area contributed by atoms with Gasteiger partial charge in [-0.1, -0.05) is 67.9 Å². The average Bonchev–Trinajstić information content (AvgIpc) is 2.60. The first-order chi connectivity index (χ1) is 8.79. The number of rotatable bonds is 4. The van der Waals surface area contributed by atoms with Gasteiger partial charge >= 0.3 is 37.7 Å². The Morgan fingerprint density at radius 3 is 1.68 bits per heavy atom. The third-order valence-corrected chi connectivity index (χ3v) is 7.45. The van der Waals surface area contributed by atoms with Crippen molar-refractivity contribution in [1.82, 2.24) is 10.3 Å². The Morgan fingerprint density at radius 1 is 1.00 bits per heavy atom. The predicted octanol–water partition coefficient (Wildman–Crippen LogP) is -1.43. The second-order valence-electron chi connectivity index (χ2n) is 8.19. The zero-order valence-electron chi connectivity index (χ0n) is 16.8. The molecule has 0 bridgehead atoms. The van der Waals surface area contributed by atoms with E-state index in [1.165, 1.54) is 0 Å². The summed E-state index contributed by atoms with van der Waals surface area (Å²) in [5.74, 6) is 0. The van der Waals surface area contributed by atoms with Crippen LogP contribution in [0.25, 0.3) is 4.65 Å². The third kappa shape index (κ3) is 20.8. The van der Waals surface area contributed by atoms with Crippen LogP contribution >= 0.6 is 0 Å². The van der Waals surface area contributed by atoms with Gasteiger partial charge in [-0.3, -0.25) is 0 Å². The normalized spacial score (nSPS) is 11.7. The van der Waals surface area contributed by atoms with Crippen LogP contribution in [0, 0.1) is 0 Å². The quantitative estimate of drug-likeness (QED) is 0.690. The smallest absolute Gasteiger partial charge is 0.668 e. The molecule has 0 aliphatic heterocycles. The summed E-state index contributed by atoms with van der Waals surface area (Å²) in [4.78, 5) is 4.16. The summed E-state index contributed by atoms with van der Waals surface area (Å²) in [7, 11) is -2.21. The molecule has 0 aliphatic carbocycles. The van der Waals surface area contributed by atoms with Crippen molar-refractivity contribution < 1.29 is 37.7 Å². The van der Waals surface area contributed by atoms with Gasteiger partial charge in [0.2, 0.25) is 0 Å². The minimum Gasteiger partial charge on any atom is -0.668 e. The molecule has 0 radical (unpaired) electrons. The molecule has 0 saturated heterocycles. The summed E-state index contributed by atoms with van der Waals surface area (Å²) in [6, 6.07) is 3.98. The van der Waals surface area contributed by atoms with E-state index in [0.717, 1.165) is 12.2 Å². The molecular weight excluding hydrogens is 292 g/mol. The Labute approximate surface area is 164 Å². The topological polar surface area (TPSA) is 40.2 Å². The molecule has 22 heavy (non-hydrogen) atoms. The molecule has 118 valence electrons. The molecule has 0 saturated carbocycles. The number of hydrogen-bond donors (Lipinski definition) is 1. The first kappa shape index (κ1) is 27.7. The zero-order chi connectivity index (χ0) is 16.0. The van der Waals surface area contributed by atoms with E-state index in [1.54, 1.807) is 0 Å². The molecule has 0 spiro atoms. The fourth-order valence-electron chi connectivity index (χ4n) is 1.80. The van der Waals surface area contributed by atoms with Crippen molar-refractivity contribution in [2.45, 2.75) is 72.1 Å². The molecule has 0 unspecified atom stereocenters. The van der Waals surface area contributed by atoms with Gasteiger partial charge in [0.1, 0.15) is 0 Å². The average molecular weight is 326 g/mol. The fourth-order valence-corrected chi connectivity index (χ4v) is 9.85. The molecule has 1 rings (SSSR count). The van der Waals surface area contributed by atoms with Crippen LogP contribution in [0.3, 0.4) is 0 Å². The molecule has 7 heteroatoms. The molecule has 1 aromatic rings. The van der Waals surface area contributed by atoms with E-state index in [4.69, 9.17) is 4.65 Å². The van der Waals surface area contributed by atoms with Crippen molar-refractivity contribution in [2.75, 3.05) is 0 Å². The molecule has 3 nitrogen and oxygen atoms in total. The second-order valence-corrected chi connectivity index (χ2v) is 17.8. The number of aromatic nitrogens is 1. The SMILES string of the molecule is CC(C)(C)NCc1ccc[n-]1.C[Si](C)(C)[N-][Si](C)(C)C.[Li+].[Li+]. The number of nitrogens with one attached hydrogen (secondary N) is 1. The van der Waals surface area contributed by atoms with Gasteiger partial charge in [0.25, 0.3) is 0 Å². The molecule has 0 amide bonds. The summed E-state index contributed by atoms with van der Waals surface area (Å²) in [6.07, 6.45) is 1.82. The Kier molecular flexibility index (Phi) is 14.3. The van der Waals surface area contributed by atoms with Gasteiger partial charge in [-0.25, -0.2) is 0 Å². The van der Waals surface area contributed by atoms with Crippen LogP contribution in [0.2, 0.25) is 39.3 Å². The summed E-state index contributed by atoms with van der Waals surface area (Å²) in [5.41, 5.74) is 1.29. The van der Waals surface area contributed by atoms with E-state index in [-0.39, 0.29) is 43.3 Å². The first-order valence-electron chi connectivity index (χ1n) is 7.34. The van der Waals surface area contributed by atoms with Gasteiger partial charge in [-0.05, 0) is 20.8 Å². The molecular formula is C15H33Li2N3Si2. The Balaban J connectivity index is -0.000000307. The van der Waals surface area contributed by atoms with Crippen LogP contribution in [-0.2, 0) is 6.54 Å². The van der Waals surface area contributed by atoms with E-state index < -0.39 is 16.5 Å². The third-order valence-electron chi connectivity index (χ3n) is 2.09. The maximum absolute atomic E-state index is 4.82. The van der Waals surface area contributed by atoms with E-state index in [2.05, 4.69) is 70.4 Å². The van der Waals surface area contributed by atoms with Gasteiger partial charge in [-0.2, -0.15) is 6.20 Å². The number of hydrogen-bond acceptors (Lipinski definition) is 1. The fraction of sp³-hybridized carbons (Fsp3) is 0.733. The summed E-state index contributed by atoms with van der Waals surface area (Å²) < 4.78 is 4.82. The largest absolute Gasteiger partial charge is 1.00 e. The molecule has 0 aliphatic rings. The monoisotopic (exact) mass is 325 g/mol. The van der Waals surface area contributed by atoms with E-state index in [0.29, 0.717) is 0 Å². The predicted molar refractivity (Wildman–Crippen MR) is 96.4 cm³/mol. The van der Waals surface area contributed by atoms with Crippen LogP contribution in [-0.4, -0.2) is 22.0 Å². The zero-order valence-corrected chi connectivity index (χ0v) is 18.8. The van der Waals surface area contributed by atoms with Gasteiger partial charge in [0.05, 0.1) is 0 Å². The van der Waals surface area contributed by atoms with Crippen LogP contribution in [0.1, 0.15) is 26.5 Å². The Bertz CT molecular complexity index is 352. The van der Waals surface area contributed by atoms with E-state index in [1.807, 2.05) is 18.3 Å². The molecule has 0 atom stereocenters. The van der Waals surface area contributed by atoms with Crippen molar-refractivity contribution in [3.05, 3.63) is 28.7 Å². The Hall–Kier alpha value is 0.829. The second kappa shape index (κ2) is 11.4. The van der Waals surface area contributed by atoms with Crippen molar-refractivity contribution in [3.8, 4) is 0 Å². The number of nitrogens with zero attached hydrogens (tertiary/aromatic N) is 2. The van der Waals surface area contributed by atoms with E-state index in [9.17, 15) is 0 Å². The van der Waals surface area contributed by atoms with Crippen LogP contribution in [0.4, 0.5) is 0 Å². The van der Waals surface area contributed by atoms with Crippen molar-refractivity contribution in [1.29, 1.82) is 0 Å². The molecule has 1 heterocycles. The van der Waals surface area contributed by atoms with Crippen LogP contribution in [0.5, 0.6) is 0 Å². The van der Waals surface area contributed by atoms with Crippen molar-refractivity contribution >= 4 is 16.5 Å². The van der Waals surface area contributed by atoms with Gasteiger partial charge in [0.15, 0.2) is 0 Å². The molecule has 0 fully saturated rings. The standard InChI is InChI=1S/C9H15N2.C6H18NSi2.2Li/c1-9(2,3)11-7-8-5-4-6-10-8;1-8(2,3)7-9(4,5)6;;/h4-6,11H,7H2,1-3H3;1-6H3;;/q2*-1;2*+1. The minimum absolute atomic E-state index is 0. The van der Waals surface area contributed by atoms with Crippen molar-refractivity contribution in [3.63, 3.8) is 0 Å². The maximum atomic E-state index is 4.82. The van der Waals surface area contributed by atoms with Crippen LogP contribution < -0.4 is 48.0 Å². The van der Waals surface area contributed by atoms with E-state index >= 15 is 0 Å². The summed E-state index contributed by atoms with van der Waals surface area (Å²) >= 11 is 0. The van der Waals surface area contributed by atoms with Gasteiger partial charge in [-0.15, -0.1) is 5.69 Å². The maximum Gasteiger partial charge on any atom is 1.00 e. The molecule has 1 aromatic heterocycles. The Morgan fingerprint density at radius 2 is 1.45 bits per heavy atom. The van der Waals surface area contributed by atoms with Gasteiger partial charge < -0.3 is 14.9 Å². The first-order valence-corrected chi connectivity index (χ1v) is 14.2. The summed E-state index contributed by atoms with van der Waals surface area (Å²) in [6.45, 7) is 21.1. The molecule has 1 N–H and O–H groups in total. The minimum atomic E-state index is -1.11. The van der Waals surface area contributed by atoms with Gasteiger partial charge in [0, 0.05) is 12.1 Å². The summed E-state index contributed by atoms with van der Waals surface area (Å²) in [5, 5.41) is 3.36. The molecule has 0 aromatic carbocycles. The van der Waals surface area contributed by atoms with Crippen molar-refractivity contribution in [2.24, 2.45) is 0 Å². The van der Waals surface area contributed by atoms with Crippen LogP contribution in [0.15, 0.2) is 18.3 Å².